The molecule has 112 valence electrons. The van der Waals surface area contributed by atoms with Crippen molar-refractivity contribution in [2.24, 2.45) is 5.92 Å². The third-order valence-electron chi connectivity index (χ3n) is 2.87. The number of hydrogen-bond donors (Lipinski definition) is 1. The number of esters is 1. The van der Waals surface area contributed by atoms with Crippen LogP contribution < -0.4 is 5.32 Å². The lowest BCUT2D eigenvalue weighted by molar-refractivity contribution is -0.143. The monoisotopic (exact) mass is 297 g/mol. The van der Waals surface area contributed by atoms with Crippen molar-refractivity contribution in [3.63, 3.8) is 0 Å². The number of ether oxygens (including phenoxy) is 1. The molecule has 0 bridgehead atoms. The SMILES string of the molecule is CCOC(=O)CC(NCCC(C)C)C(=O)c1cccs1. The minimum atomic E-state index is -0.494. The summed E-state index contributed by atoms with van der Waals surface area (Å²) in [5.41, 5.74) is 0. The molecule has 1 unspecified atom stereocenters. The zero-order valence-electron chi connectivity index (χ0n) is 12.3. The van der Waals surface area contributed by atoms with E-state index in [1.165, 1.54) is 11.3 Å². The van der Waals surface area contributed by atoms with E-state index in [2.05, 4.69) is 19.2 Å². The first-order chi connectivity index (χ1) is 9.54. The first kappa shape index (κ1) is 16.9. The van der Waals surface area contributed by atoms with E-state index >= 15 is 0 Å². The van der Waals surface area contributed by atoms with E-state index in [0.717, 1.165) is 13.0 Å². The van der Waals surface area contributed by atoms with Crippen LogP contribution in [0.1, 0.15) is 43.3 Å². The molecule has 1 aromatic rings. The summed E-state index contributed by atoms with van der Waals surface area (Å²) in [6.07, 6.45) is 1.06. The van der Waals surface area contributed by atoms with Crippen molar-refractivity contribution in [1.82, 2.24) is 5.32 Å². The average molecular weight is 297 g/mol. The number of hydrogen-bond acceptors (Lipinski definition) is 5. The first-order valence-corrected chi connectivity index (χ1v) is 7.89. The van der Waals surface area contributed by atoms with Gasteiger partial charge in [-0.2, -0.15) is 0 Å². The maximum Gasteiger partial charge on any atom is 0.307 e. The Labute approximate surface area is 124 Å². The Morgan fingerprint density at radius 2 is 2.15 bits per heavy atom. The molecular formula is C15H23NO3S. The van der Waals surface area contributed by atoms with Gasteiger partial charge in [-0.3, -0.25) is 9.59 Å². The number of rotatable bonds is 9. The van der Waals surface area contributed by atoms with Crippen molar-refractivity contribution in [2.45, 2.75) is 39.7 Å². The Bertz CT molecular complexity index is 415. The second-order valence-corrected chi connectivity index (χ2v) is 5.99. The van der Waals surface area contributed by atoms with Gasteiger partial charge in [0.15, 0.2) is 5.78 Å². The van der Waals surface area contributed by atoms with Gasteiger partial charge in [-0.05, 0) is 37.3 Å². The zero-order valence-corrected chi connectivity index (χ0v) is 13.2. The van der Waals surface area contributed by atoms with Crippen LogP contribution in [0, 0.1) is 5.92 Å². The Morgan fingerprint density at radius 1 is 1.40 bits per heavy atom. The van der Waals surface area contributed by atoms with Gasteiger partial charge in [0.2, 0.25) is 0 Å². The van der Waals surface area contributed by atoms with Crippen LogP contribution in [0.25, 0.3) is 0 Å². The summed E-state index contributed by atoms with van der Waals surface area (Å²) in [6, 6.07) is 3.13. The molecule has 1 atom stereocenters. The number of Topliss-reactive ketones (excluding diaryl/α,β-unsaturated/α-hetero) is 1. The molecule has 0 saturated carbocycles. The summed E-state index contributed by atoms with van der Waals surface area (Å²) in [6.45, 7) is 7.08. The van der Waals surface area contributed by atoms with Crippen LogP contribution in [-0.2, 0) is 9.53 Å². The van der Waals surface area contributed by atoms with E-state index in [-0.39, 0.29) is 18.2 Å². The normalized spacial score (nSPS) is 12.4. The molecule has 4 nitrogen and oxygen atoms in total. The average Bonchev–Trinajstić information content (AvgIpc) is 2.90. The topological polar surface area (TPSA) is 55.4 Å². The van der Waals surface area contributed by atoms with E-state index in [9.17, 15) is 9.59 Å². The Balaban J connectivity index is 2.63. The van der Waals surface area contributed by atoms with E-state index < -0.39 is 6.04 Å². The lowest BCUT2D eigenvalue weighted by atomic mass is 10.1. The van der Waals surface area contributed by atoms with Crippen molar-refractivity contribution in [3.05, 3.63) is 22.4 Å². The van der Waals surface area contributed by atoms with Gasteiger partial charge in [-0.25, -0.2) is 0 Å². The van der Waals surface area contributed by atoms with Crippen LogP contribution in [0.2, 0.25) is 0 Å². The molecule has 0 amide bonds. The summed E-state index contributed by atoms with van der Waals surface area (Å²) >= 11 is 1.40. The minimum absolute atomic E-state index is 0.0307. The highest BCUT2D eigenvalue weighted by molar-refractivity contribution is 7.12. The van der Waals surface area contributed by atoms with Crippen LogP contribution in [0.15, 0.2) is 17.5 Å². The van der Waals surface area contributed by atoms with Crippen molar-refractivity contribution in [2.75, 3.05) is 13.2 Å². The van der Waals surface area contributed by atoms with Gasteiger partial charge in [0, 0.05) is 0 Å². The standard InChI is InChI=1S/C15H23NO3S/c1-4-19-14(17)10-12(16-8-7-11(2)3)15(18)13-6-5-9-20-13/h5-6,9,11-12,16H,4,7-8,10H2,1-3H3. The fraction of sp³-hybridized carbons (Fsp3) is 0.600. The van der Waals surface area contributed by atoms with Gasteiger partial charge in [0.05, 0.1) is 23.9 Å². The highest BCUT2D eigenvalue weighted by atomic mass is 32.1. The van der Waals surface area contributed by atoms with Gasteiger partial charge >= 0.3 is 5.97 Å². The Morgan fingerprint density at radius 3 is 2.70 bits per heavy atom. The molecule has 0 saturated heterocycles. The van der Waals surface area contributed by atoms with Gasteiger partial charge in [0.1, 0.15) is 0 Å². The van der Waals surface area contributed by atoms with Crippen molar-refractivity contribution < 1.29 is 14.3 Å². The molecule has 0 aliphatic heterocycles. The molecule has 5 heteroatoms. The van der Waals surface area contributed by atoms with Gasteiger partial charge < -0.3 is 10.1 Å². The third kappa shape index (κ3) is 5.84. The van der Waals surface area contributed by atoms with Crippen molar-refractivity contribution in [3.8, 4) is 0 Å². The number of carbonyl (C=O) groups is 2. The fourth-order valence-corrected chi connectivity index (χ4v) is 2.50. The molecule has 1 heterocycles. The molecule has 0 aromatic carbocycles. The quantitative estimate of drug-likeness (QED) is 0.562. The summed E-state index contributed by atoms with van der Waals surface area (Å²) in [7, 11) is 0. The second-order valence-electron chi connectivity index (χ2n) is 5.04. The maximum atomic E-state index is 12.4. The zero-order chi connectivity index (χ0) is 15.0. The van der Waals surface area contributed by atoms with Crippen LogP contribution in [0.5, 0.6) is 0 Å². The van der Waals surface area contributed by atoms with Gasteiger partial charge in [-0.15, -0.1) is 11.3 Å². The Hall–Kier alpha value is -1.20. The predicted molar refractivity (Wildman–Crippen MR) is 81.1 cm³/mol. The van der Waals surface area contributed by atoms with E-state index in [1.54, 1.807) is 13.0 Å². The molecule has 0 radical (unpaired) electrons. The Kier molecular flexibility index (Phi) is 7.47. The van der Waals surface area contributed by atoms with Crippen LogP contribution in [-0.4, -0.2) is 30.9 Å². The second kappa shape index (κ2) is 8.87. The lowest BCUT2D eigenvalue weighted by Crippen LogP contribution is -2.39. The molecule has 1 rings (SSSR count). The van der Waals surface area contributed by atoms with Crippen LogP contribution >= 0.6 is 11.3 Å². The molecule has 1 aromatic heterocycles. The van der Waals surface area contributed by atoms with Crippen LogP contribution in [0.4, 0.5) is 0 Å². The summed E-state index contributed by atoms with van der Waals surface area (Å²) in [5, 5.41) is 5.05. The van der Waals surface area contributed by atoms with E-state index in [1.807, 2.05) is 11.4 Å². The molecular weight excluding hydrogens is 274 g/mol. The fourth-order valence-electron chi connectivity index (χ4n) is 1.78. The molecule has 20 heavy (non-hydrogen) atoms. The van der Waals surface area contributed by atoms with Gasteiger partial charge in [0.25, 0.3) is 0 Å². The number of ketones is 1. The summed E-state index contributed by atoms with van der Waals surface area (Å²) in [4.78, 5) is 24.7. The molecule has 0 fully saturated rings. The predicted octanol–water partition coefficient (Wildman–Crippen LogP) is 2.89. The minimum Gasteiger partial charge on any atom is -0.466 e. The summed E-state index contributed by atoms with van der Waals surface area (Å²) in [5.74, 6) is 0.193. The lowest BCUT2D eigenvalue weighted by Gasteiger charge is -2.17. The molecule has 1 N–H and O–H groups in total. The summed E-state index contributed by atoms with van der Waals surface area (Å²) < 4.78 is 4.94. The highest BCUT2D eigenvalue weighted by Gasteiger charge is 2.23. The largest absolute Gasteiger partial charge is 0.466 e. The number of nitrogens with one attached hydrogen (secondary N) is 1. The first-order valence-electron chi connectivity index (χ1n) is 7.01. The van der Waals surface area contributed by atoms with Crippen LogP contribution in [0.3, 0.4) is 0 Å². The smallest absolute Gasteiger partial charge is 0.307 e. The molecule has 0 aliphatic rings. The van der Waals surface area contributed by atoms with Crippen molar-refractivity contribution >= 4 is 23.1 Å². The van der Waals surface area contributed by atoms with E-state index in [4.69, 9.17) is 4.74 Å². The maximum absolute atomic E-state index is 12.4. The third-order valence-corrected chi connectivity index (χ3v) is 3.75. The number of carbonyl (C=O) groups excluding carboxylic acids is 2. The molecule has 0 spiro atoms. The molecule has 0 aliphatic carbocycles. The highest BCUT2D eigenvalue weighted by Crippen LogP contribution is 2.13. The van der Waals surface area contributed by atoms with Crippen molar-refractivity contribution in [1.29, 1.82) is 0 Å². The van der Waals surface area contributed by atoms with E-state index in [0.29, 0.717) is 17.4 Å². The number of thiophene rings is 1. The van der Waals surface area contributed by atoms with Gasteiger partial charge in [-0.1, -0.05) is 19.9 Å².